The molecule has 180 valence electrons. The number of fused-ring (bicyclic) bond motifs is 3. The van der Waals surface area contributed by atoms with Crippen LogP contribution < -0.4 is 15.0 Å². The molecule has 34 heavy (non-hydrogen) atoms. The summed E-state index contributed by atoms with van der Waals surface area (Å²) in [7, 11) is 0. The van der Waals surface area contributed by atoms with Crippen LogP contribution in [0.15, 0.2) is 29.1 Å². The first-order valence-corrected chi connectivity index (χ1v) is 11.7. The Morgan fingerprint density at radius 2 is 2.12 bits per heavy atom. The fourth-order valence-corrected chi connectivity index (χ4v) is 4.45. The zero-order valence-corrected chi connectivity index (χ0v) is 19.5. The molecule has 0 spiro atoms. The molecule has 1 fully saturated rings. The van der Waals surface area contributed by atoms with Crippen LogP contribution in [0.25, 0.3) is 11.3 Å². The third-order valence-corrected chi connectivity index (χ3v) is 6.17. The molecule has 3 aromatic rings. The lowest BCUT2D eigenvalue weighted by Crippen LogP contribution is -2.34. The van der Waals surface area contributed by atoms with Crippen molar-refractivity contribution in [1.82, 2.24) is 24.8 Å². The average Bonchev–Trinajstić information content (AvgIpc) is 3.31. The van der Waals surface area contributed by atoms with Gasteiger partial charge in [-0.05, 0) is 54.0 Å². The van der Waals surface area contributed by atoms with E-state index in [1.807, 2.05) is 29.7 Å². The van der Waals surface area contributed by atoms with Gasteiger partial charge in [0.25, 0.3) is 5.56 Å². The predicted molar refractivity (Wildman–Crippen MR) is 123 cm³/mol. The molecule has 2 aromatic heterocycles. The third-order valence-electron chi connectivity index (χ3n) is 6.17. The Hall–Kier alpha value is -3.24. The van der Waals surface area contributed by atoms with E-state index in [0.717, 1.165) is 47.5 Å². The molecule has 1 saturated heterocycles. The molecule has 1 atom stereocenters. The van der Waals surface area contributed by atoms with Crippen molar-refractivity contribution in [2.75, 3.05) is 26.4 Å². The van der Waals surface area contributed by atoms with Crippen molar-refractivity contribution in [2.45, 2.75) is 52.5 Å². The summed E-state index contributed by atoms with van der Waals surface area (Å²) in [6.45, 7) is 7.75. The van der Waals surface area contributed by atoms with E-state index in [1.165, 1.54) is 0 Å². The van der Waals surface area contributed by atoms with Crippen molar-refractivity contribution in [1.29, 1.82) is 0 Å². The first-order chi connectivity index (χ1) is 16.6. The molecule has 0 amide bonds. The van der Waals surface area contributed by atoms with E-state index >= 15 is 0 Å². The van der Waals surface area contributed by atoms with E-state index in [-0.39, 0.29) is 11.7 Å². The molecule has 4 heterocycles. The second-order valence-electron chi connectivity index (χ2n) is 8.53. The Morgan fingerprint density at radius 3 is 2.94 bits per heavy atom. The monoisotopic (exact) mass is 467 g/mol. The number of tetrazole rings is 1. The third kappa shape index (κ3) is 4.55. The Labute approximate surface area is 197 Å². The minimum atomic E-state index is -0.128. The van der Waals surface area contributed by atoms with Crippen LogP contribution in [-0.4, -0.2) is 57.3 Å². The predicted octanol–water partition coefficient (Wildman–Crippen LogP) is 2.15. The standard InChI is InChI=1S/C24H29N5O5/c1-3-7-29-22(25-26-27-29)15-33-18-4-5-20-17(11-18)6-8-28-23(30)12-21(16(2)24(20)28)34-14-19-13-31-9-10-32-19/h4-5,11-12,19H,3,6-10,13-15H2,1-2H3/t19-/m0/s1. The molecule has 0 radical (unpaired) electrons. The molecule has 5 rings (SSSR count). The topological polar surface area (TPSA) is 103 Å². The summed E-state index contributed by atoms with van der Waals surface area (Å²) in [6.07, 6.45) is 1.57. The molecular weight excluding hydrogens is 438 g/mol. The molecule has 10 heteroatoms. The number of hydrogen-bond donors (Lipinski definition) is 0. The summed E-state index contributed by atoms with van der Waals surface area (Å²) < 4.78 is 26.7. The lowest BCUT2D eigenvalue weighted by atomic mass is 9.94. The number of ether oxygens (including phenoxy) is 4. The van der Waals surface area contributed by atoms with E-state index in [0.29, 0.717) is 51.2 Å². The number of benzene rings is 1. The van der Waals surface area contributed by atoms with E-state index in [4.69, 9.17) is 18.9 Å². The van der Waals surface area contributed by atoms with Crippen LogP contribution in [0.1, 0.15) is 30.3 Å². The normalized spacial score (nSPS) is 17.2. The van der Waals surface area contributed by atoms with Gasteiger partial charge in [0.2, 0.25) is 0 Å². The van der Waals surface area contributed by atoms with Crippen LogP contribution in [0.4, 0.5) is 0 Å². The highest BCUT2D eigenvalue weighted by Gasteiger charge is 2.23. The lowest BCUT2D eigenvalue weighted by molar-refractivity contribution is -0.101. The van der Waals surface area contributed by atoms with Crippen LogP contribution >= 0.6 is 0 Å². The molecule has 0 bridgehead atoms. The first kappa shape index (κ1) is 22.5. The quantitative estimate of drug-likeness (QED) is 0.497. The smallest absolute Gasteiger partial charge is 0.254 e. The van der Waals surface area contributed by atoms with Gasteiger partial charge in [-0.3, -0.25) is 4.79 Å². The van der Waals surface area contributed by atoms with Crippen LogP contribution in [0, 0.1) is 6.92 Å². The largest absolute Gasteiger partial charge is 0.490 e. The number of nitrogens with zero attached hydrogens (tertiary/aromatic N) is 5. The number of aryl methyl sites for hydroxylation is 2. The number of hydrogen-bond acceptors (Lipinski definition) is 8. The highest BCUT2D eigenvalue weighted by molar-refractivity contribution is 5.71. The van der Waals surface area contributed by atoms with Crippen LogP contribution in [0.3, 0.4) is 0 Å². The second kappa shape index (κ2) is 9.94. The van der Waals surface area contributed by atoms with Crippen molar-refractivity contribution in [3.05, 3.63) is 51.6 Å². The number of rotatable bonds is 8. The maximum Gasteiger partial charge on any atom is 0.254 e. The summed E-state index contributed by atoms with van der Waals surface area (Å²) in [4.78, 5) is 12.9. The van der Waals surface area contributed by atoms with Crippen LogP contribution in [0.5, 0.6) is 11.5 Å². The molecule has 2 aliphatic heterocycles. The molecule has 2 aliphatic rings. The summed E-state index contributed by atoms with van der Waals surface area (Å²) in [5.74, 6) is 2.03. The minimum absolute atomic E-state index is 0.0647. The van der Waals surface area contributed by atoms with Crippen LogP contribution in [-0.2, 0) is 35.6 Å². The molecule has 10 nitrogen and oxygen atoms in total. The van der Waals surface area contributed by atoms with E-state index < -0.39 is 0 Å². The zero-order valence-electron chi connectivity index (χ0n) is 19.5. The molecule has 1 aromatic carbocycles. The molecule has 0 saturated carbocycles. The van der Waals surface area contributed by atoms with Crippen molar-refractivity contribution in [3.8, 4) is 22.8 Å². The van der Waals surface area contributed by atoms with Crippen molar-refractivity contribution < 1.29 is 18.9 Å². The van der Waals surface area contributed by atoms with Gasteiger partial charge in [0.1, 0.15) is 30.8 Å². The lowest BCUT2D eigenvalue weighted by Gasteiger charge is -2.27. The van der Waals surface area contributed by atoms with Gasteiger partial charge in [0.05, 0.1) is 25.5 Å². The molecule has 0 N–H and O–H groups in total. The fourth-order valence-electron chi connectivity index (χ4n) is 4.45. The zero-order chi connectivity index (χ0) is 23.5. The Balaban J connectivity index is 1.36. The summed E-state index contributed by atoms with van der Waals surface area (Å²) in [6, 6.07) is 7.55. The van der Waals surface area contributed by atoms with Gasteiger partial charge in [-0.15, -0.1) is 5.10 Å². The van der Waals surface area contributed by atoms with Gasteiger partial charge < -0.3 is 23.5 Å². The maximum atomic E-state index is 12.9. The van der Waals surface area contributed by atoms with E-state index in [1.54, 1.807) is 10.7 Å². The summed E-state index contributed by atoms with van der Waals surface area (Å²) >= 11 is 0. The average molecular weight is 468 g/mol. The van der Waals surface area contributed by atoms with Gasteiger partial charge in [-0.1, -0.05) is 6.92 Å². The van der Waals surface area contributed by atoms with Gasteiger partial charge in [-0.2, -0.15) is 0 Å². The van der Waals surface area contributed by atoms with Gasteiger partial charge >= 0.3 is 0 Å². The highest BCUT2D eigenvalue weighted by atomic mass is 16.6. The van der Waals surface area contributed by atoms with Gasteiger partial charge in [-0.25, -0.2) is 4.68 Å². The second-order valence-corrected chi connectivity index (χ2v) is 8.53. The fraction of sp³-hybridized carbons (Fsp3) is 0.500. The Bertz CT molecular complexity index is 1210. The number of pyridine rings is 1. The highest BCUT2D eigenvalue weighted by Crippen LogP contribution is 2.36. The number of aromatic nitrogens is 5. The Morgan fingerprint density at radius 1 is 1.21 bits per heavy atom. The maximum absolute atomic E-state index is 12.9. The van der Waals surface area contributed by atoms with Crippen LogP contribution in [0.2, 0.25) is 0 Å². The molecule has 0 aliphatic carbocycles. The SMILES string of the molecule is CCCn1nnnc1COc1ccc2c(c1)CCn1c-2c(C)c(OC[C@@H]2COCCO2)cc1=O. The first-order valence-electron chi connectivity index (χ1n) is 11.7. The van der Waals surface area contributed by atoms with E-state index in [9.17, 15) is 4.79 Å². The summed E-state index contributed by atoms with van der Waals surface area (Å²) in [5, 5.41) is 11.8. The Kier molecular flexibility index (Phi) is 6.59. The van der Waals surface area contributed by atoms with Crippen molar-refractivity contribution in [3.63, 3.8) is 0 Å². The van der Waals surface area contributed by atoms with Crippen molar-refractivity contribution >= 4 is 0 Å². The molecule has 0 unspecified atom stereocenters. The van der Waals surface area contributed by atoms with Gasteiger partial charge in [0.15, 0.2) is 5.82 Å². The minimum Gasteiger partial charge on any atom is -0.490 e. The van der Waals surface area contributed by atoms with Crippen molar-refractivity contribution in [2.24, 2.45) is 0 Å². The van der Waals surface area contributed by atoms with E-state index in [2.05, 4.69) is 22.4 Å². The van der Waals surface area contributed by atoms with Gasteiger partial charge in [0, 0.05) is 30.3 Å². The molecular formula is C24H29N5O5. The summed E-state index contributed by atoms with van der Waals surface area (Å²) in [5.41, 5.74) is 3.92.